The molecular formula is C15H18FN3O3S. The minimum Gasteiger partial charge on any atom is -0.348 e. The van der Waals surface area contributed by atoms with Crippen molar-refractivity contribution in [3.05, 3.63) is 48.0 Å². The van der Waals surface area contributed by atoms with Gasteiger partial charge >= 0.3 is 0 Å². The molecule has 1 heterocycles. The van der Waals surface area contributed by atoms with Gasteiger partial charge in [-0.3, -0.25) is 4.79 Å². The van der Waals surface area contributed by atoms with Gasteiger partial charge in [-0.25, -0.2) is 17.5 Å². The van der Waals surface area contributed by atoms with Crippen LogP contribution in [0.3, 0.4) is 0 Å². The Hall–Kier alpha value is -2.22. The van der Waals surface area contributed by atoms with Gasteiger partial charge in [-0.2, -0.15) is 5.10 Å². The zero-order chi connectivity index (χ0) is 17.2. The Kier molecular flexibility index (Phi) is 4.84. The van der Waals surface area contributed by atoms with Crippen LogP contribution in [0, 0.1) is 5.82 Å². The summed E-state index contributed by atoms with van der Waals surface area (Å²) in [6, 6.07) is 7.35. The van der Waals surface area contributed by atoms with Crippen molar-refractivity contribution in [3.63, 3.8) is 0 Å². The summed E-state index contributed by atoms with van der Waals surface area (Å²) in [5.74, 6) is -1.23. The topological polar surface area (TPSA) is 72.3 Å². The van der Waals surface area contributed by atoms with E-state index in [4.69, 9.17) is 0 Å². The molecule has 2 aromatic rings. The lowest BCUT2D eigenvalue weighted by Gasteiger charge is -2.16. The number of halogens is 1. The molecule has 0 spiro atoms. The van der Waals surface area contributed by atoms with Crippen LogP contribution in [0.5, 0.6) is 0 Å². The molecule has 0 fully saturated rings. The number of rotatable bonds is 5. The molecule has 1 atom stereocenters. The van der Waals surface area contributed by atoms with Crippen LogP contribution < -0.4 is 0 Å². The standard InChI is InChI=1S/C15H18FN3O3S/c1-11(15(20)18(2)3)23(21,22)10-13-7-8-19(17-13)14-6-4-5-12(16)9-14/h4-9,11H,10H2,1-3H3/t11-/m0/s1. The average molecular weight is 339 g/mol. The van der Waals surface area contributed by atoms with E-state index in [0.29, 0.717) is 11.4 Å². The number of amides is 1. The molecule has 0 aliphatic heterocycles. The fourth-order valence-corrected chi connectivity index (χ4v) is 3.38. The first-order valence-corrected chi connectivity index (χ1v) is 8.65. The van der Waals surface area contributed by atoms with Gasteiger partial charge in [0.05, 0.1) is 17.1 Å². The van der Waals surface area contributed by atoms with Crippen molar-refractivity contribution in [2.45, 2.75) is 17.9 Å². The van der Waals surface area contributed by atoms with Crippen LogP contribution in [0.2, 0.25) is 0 Å². The molecule has 0 saturated heterocycles. The number of carbonyl (C=O) groups excluding carboxylic acids is 1. The Morgan fingerprint density at radius 1 is 1.35 bits per heavy atom. The minimum atomic E-state index is -3.68. The summed E-state index contributed by atoms with van der Waals surface area (Å²) >= 11 is 0. The first kappa shape index (κ1) is 17.1. The van der Waals surface area contributed by atoms with Crippen molar-refractivity contribution in [2.24, 2.45) is 0 Å². The number of hydrogen-bond donors (Lipinski definition) is 0. The lowest BCUT2D eigenvalue weighted by molar-refractivity contribution is -0.127. The summed E-state index contributed by atoms with van der Waals surface area (Å²) in [5, 5.41) is 3.00. The molecule has 0 aliphatic carbocycles. The fourth-order valence-electron chi connectivity index (χ4n) is 2.05. The molecule has 0 radical (unpaired) electrons. The number of benzene rings is 1. The van der Waals surface area contributed by atoms with Crippen LogP contribution in [-0.4, -0.2) is 48.4 Å². The molecule has 124 valence electrons. The second-order valence-corrected chi connectivity index (χ2v) is 7.74. The van der Waals surface area contributed by atoms with Gasteiger partial charge in [-0.1, -0.05) is 6.07 Å². The molecule has 6 nitrogen and oxygen atoms in total. The predicted octanol–water partition coefficient (Wildman–Crippen LogP) is 1.40. The summed E-state index contributed by atoms with van der Waals surface area (Å²) in [7, 11) is -0.662. The highest BCUT2D eigenvalue weighted by atomic mass is 32.2. The second-order valence-electron chi connectivity index (χ2n) is 5.41. The maximum absolute atomic E-state index is 13.2. The fraction of sp³-hybridized carbons (Fsp3) is 0.333. The number of carbonyl (C=O) groups is 1. The lowest BCUT2D eigenvalue weighted by atomic mass is 10.3. The molecule has 1 amide bonds. The van der Waals surface area contributed by atoms with Gasteiger partial charge in [-0.15, -0.1) is 0 Å². The first-order chi connectivity index (χ1) is 10.7. The molecule has 0 saturated carbocycles. The normalized spacial score (nSPS) is 12.9. The van der Waals surface area contributed by atoms with E-state index in [1.165, 1.54) is 48.8 Å². The van der Waals surface area contributed by atoms with Gasteiger partial charge in [0.15, 0.2) is 9.84 Å². The Labute approximate surface area is 134 Å². The summed E-state index contributed by atoms with van der Waals surface area (Å²) in [6.45, 7) is 1.36. The lowest BCUT2D eigenvalue weighted by Crippen LogP contribution is -2.37. The van der Waals surface area contributed by atoms with Gasteiger partial charge in [-0.05, 0) is 31.2 Å². The monoisotopic (exact) mass is 339 g/mol. The molecule has 2 rings (SSSR count). The minimum absolute atomic E-state index is 0.299. The quantitative estimate of drug-likeness (QED) is 0.825. The SMILES string of the molecule is C[C@@H](C(=O)N(C)C)S(=O)(=O)Cc1ccn(-c2cccc(F)c2)n1. The van der Waals surface area contributed by atoms with Gasteiger partial charge in [0, 0.05) is 20.3 Å². The summed E-state index contributed by atoms with van der Waals surface area (Å²) < 4.78 is 39.2. The van der Waals surface area contributed by atoms with Crippen LogP contribution in [0.25, 0.3) is 5.69 Å². The van der Waals surface area contributed by atoms with Crippen LogP contribution in [0.1, 0.15) is 12.6 Å². The molecule has 23 heavy (non-hydrogen) atoms. The van der Waals surface area contributed by atoms with Crippen molar-refractivity contribution >= 4 is 15.7 Å². The van der Waals surface area contributed by atoms with E-state index < -0.39 is 26.8 Å². The smallest absolute Gasteiger partial charge is 0.240 e. The van der Waals surface area contributed by atoms with E-state index in [9.17, 15) is 17.6 Å². The van der Waals surface area contributed by atoms with Crippen molar-refractivity contribution in [1.29, 1.82) is 0 Å². The molecular weight excluding hydrogens is 321 g/mol. The van der Waals surface area contributed by atoms with Crippen molar-refractivity contribution in [2.75, 3.05) is 14.1 Å². The predicted molar refractivity (Wildman–Crippen MR) is 84.3 cm³/mol. The molecule has 0 bridgehead atoms. The third-order valence-corrected chi connectivity index (χ3v) is 5.37. The number of sulfone groups is 1. The zero-order valence-electron chi connectivity index (χ0n) is 13.1. The van der Waals surface area contributed by atoms with Gasteiger partial charge in [0.25, 0.3) is 0 Å². The average Bonchev–Trinajstić information content (AvgIpc) is 2.93. The Morgan fingerprint density at radius 2 is 2.04 bits per heavy atom. The van der Waals surface area contributed by atoms with Crippen LogP contribution in [0.15, 0.2) is 36.5 Å². The highest BCUT2D eigenvalue weighted by Gasteiger charge is 2.30. The zero-order valence-corrected chi connectivity index (χ0v) is 13.9. The Balaban J connectivity index is 2.20. The Bertz CT molecular complexity index is 815. The second kappa shape index (κ2) is 6.49. The van der Waals surface area contributed by atoms with E-state index in [1.807, 2.05) is 0 Å². The van der Waals surface area contributed by atoms with Crippen molar-refractivity contribution < 1.29 is 17.6 Å². The summed E-state index contributed by atoms with van der Waals surface area (Å²) in [6.07, 6.45) is 1.55. The third-order valence-electron chi connectivity index (χ3n) is 3.39. The Morgan fingerprint density at radius 3 is 2.65 bits per heavy atom. The van der Waals surface area contributed by atoms with Crippen LogP contribution in [0.4, 0.5) is 4.39 Å². The van der Waals surface area contributed by atoms with Crippen LogP contribution in [-0.2, 0) is 20.4 Å². The van der Waals surface area contributed by atoms with E-state index in [-0.39, 0.29) is 5.75 Å². The molecule has 0 N–H and O–H groups in total. The molecule has 1 aromatic carbocycles. The number of nitrogens with zero attached hydrogens (tertiary/aromatic N) is 3. The van der Waals surface area contributed by atoms with E-state index in [1.54, 1.807) is 18.3 Å². The van der Waals surface area contributed by atoms with E-state index in [2.05, 4.69) is 5.10 Å². The molecule has 0 aliphatic rings. The third kappa shape index (κ3) is 3.95. The van der Waals surface area contributed by atoms with Gasteiger partial charge in [0.1, 0.15) is 11.1 Å². The van der Waals surface area contributed by atoms with E-state index in [0.717, 1.165) is 0 Å². The highest BCUT2D eigenvalue weighted by molar-refractivity contribution is 7.92. The highest BCUT2D eigenvalue weighted by Crippen LogP contribution is 2.14. The summed E-state index contributed by atoms with van der Waals surface area (Å²) in [4.78, 5) is 13.1. The largest absolute Gasteiger partial charge is 0.348 e. The first-order valence-electron chi connectivity index (χ1n) is 6.94. The molecule has 0 unspecified atom stereocenters. The molecule has 8 heteroatoms. The van der Waals surface area contributed by atoms with Gasteiger partial charge in [0.2, 0.25) is 5.91 Å². The number of hydrogen-bond acceptors (Lipinski definition) is 4. The van der Waals surface area contributed by atoms with Crippen LogP contribution >= 0.6 is 0 Å². The maximum Gasteiger partial charge on any atom is 0.240 e. The van der Waals surface area contributed by atoms with Gasteiger partial charge < -0.3 is 4.90 Å². The number of aromatic nitrogens is 2. The maximum atomic E-state index is 13.2. The van der Waals surface area contributed by atoms with Crippen molar-refractivity contribution in [1.82, 2.24) is 14.7 Å². The summed E-state index contributed by atoms with van der Waals surface area (Å²) in [5.41, 5.74) is 0.790. The van der Waals surface area contributed by atoms with E-state index >= 15 is 0 Å². The molecule has 1 aromatic heterocycles. The van der Waals surface area contributed by atoms with Crippen molar-refractivity contribution in [3.8, 4) is 5.69 Å².